The largest absolute Gasteiger partial charge is 0.462 e. The molecule has 6 heteroatoms. The molecule has 0 saturated carbocycles. The molecule has 0 fully saturated rings. The molecular weight excluding hydrogens is 432 g/mol. The maximum absolute atomic E-state index is 12.7. The molecule has 0 aromatic rings. The lowest BCUT2D eigenvalue weighted by Gasteiger charge is -2.23. The number of hydrogen-bond donors (Lipinski definition) is 0. The van der Waals surface area contributed by atoms with E-state index in [1.165, 1.54) is 50.3 Å². The van der Waals surface area contributed by atoms with Gasteiger partial charge in [-0.1, -0.05) is 83.9 Å². The first-order valence-electron chi connectivity index (χ1n) is 13.7. The summed E-state index contributed by atoms with van der Waals surface area (Å²) < 4.78 is 5.89. The summed E-state index contributed by atoms with van der Waals surface area (Å²) in [6, 6.07) is 0. The maximum atomic E-state index is 12.7. The van der Waals surface area contributed by atoms with Gasteiger partial charge in [0.2, 0.25) is 0 Å². The van der Waals surface area contributed by atoms with E-state index in [1.807, 2.05) is 19.0 Å². The van der Waals surface area contributed by atoms with Crippen LogP contribution in [0.2, 0.25) is 0 Å². The van der Waals surface area contributed by atoms with E-state index in [-0.39, 0.29) is 17.3 Å². The number of carbonyl (C=O) groups excluding carboxylic acids is 2. The van der Waals surface area contributed by atoms with Crippen LogP contribution < -0.4 is 0 Å². The van der Waals surface area contributed by atoms with Gasteiger partial charge >= 0.3 is 5.97 Å². The van der Waals surface area contributed by atoms with Gasteiger partial charge in [0.15, 0.2) is 0 Å². The van der Waals surface area contributed by atoms with Crippen LogP contribution >= 0.6 is 11.8 Å². The molecule has 0 saturated heterocycles. The lowest BCUT2D eigenvalue weighted by Crippen LogP contribution is -2.31. The standard InChI is InChI=1S/C27H54N2O3S/c1-6-9-12-14-18-25(19-15-13-10-7-2)32-26(30)20-17-22-29(21-16-11-8-3)27(31)33-24-23-28(4)5/h25H,6-24H2,1-5H3. The van der Waals surface area contributed by atoms with Crippen LogP contribution in [0.4, 0.5) is 4.79 Å². The third kappa shape index (κ3) is 20.3. The van der Waals surface area contributed by atoms with Crippen molar-refractivity contribution < 1.29 is 14.3 Å². The number of hydrogen-bond acceptors (Lipinski definition) is 5. The van der Waals surface area contributed by atoms with Gasteiger partial charge in [-0.05, 0) is 52.6 Å². The van der Waals surface area contributed by atoms with Crippen molar-refractivity contribution in [1.82, 2.24) is 9.80 Å². The Labute approximate surface area is 209 Å². The number of rotatable bonds is 22. The molecule has 0 aliphatic heterocycles. The van der Waals surface area contributed by atoms with Gasteiger partial charge in [0, 0.05) is 31.8 Å². The van der Waals surface area contributed by atoms with Crippen LogP contribution in [0, 0.1) is 0 Å². The summed E-state index contributed by atoms with van der Waals surface area (Å²) in [6.45, 7) is 8.94. The van der Waals surface area contributed by atoms with Gasteiger partial charge in [0.05, 0.1) is 0 Å². The maximum Gasteiger partial charge on any atom is 0.306 e. The predicted octanol–water partition coefficient (Wildman–Crippen LogP) is 7.53. The second-order valence-corrected chi connectivity index (χ2v) is 10.6. The van der Waals surface area contributed by atoms with Crippen LogP contribution in [-0.2, 0) is 9.53 Å². The van der Waals surface area contributed by atoms with Crippen LogP contribution in [0.25, 0.3) is 0 Å². The highest BCUT2D eigenvalue weighted by Crippen LogP contribution is 2.17. The van der Waals surface area contributed by atoms with Crippen molar-refractivity contribution in [1.29, 1.82) is 0 Å². The van der Waals surface area contributed by atoms with E-state index in [0.29, 0.717) is 19.4 Å². The molecular formula is C27H54N2O3S. The zero-order valence-electron chi connectivity index (χ0n) is 22.5. The van der Waals surface area contributed by atoms with Crippen LogP contribution in [0.5, 0.6) is 0 Å². The summed E-state index contributed by atoms with van der Waals surface area (Å²) >= 11 is 1.40. The Morgan fingerprint density at radius 3 is 1.82 bits per heavy atom. The quantitative estimate of drug-likeness (QED) is 0.117. The molecule has 33 heavy (non-hydrogen) atoms. The Hall–Kier alpha value is -0.750. The highest BCUT2D eigenvalue weighted by atomic mass is 32.2. The van der Waals surface area contributed by atoms with Crippen molar-refractivity contribution in [3.05, 3.63) is 0 Å². The number of unbranched alkanes of at least 4 members (excludes halogenated alkanes) is 8. The second kappa shape index (κ2) is 23.0. The van der Waals surface area contributed by atoms with Crippen LogP contribution in [0.1, 0.15) is 117 Å². The molecule has 0 aromatic carbocycles. The molecule has 1 amide bonds. The topological polar surface area (TPSA) is 49.9 Å². The highest BCUT2D eigenvalue weighted by molar-refractivity contribution is 8.13. The molecule has 0 unspecified atom stereocenters. The number of carbonyl (C=O) groups is 2. The van der Waals surface area contributed by atoms with Crippen molar-refractivity contribution in [3.8, 4) is 0 Å². The smallest absolute Gasteiger partial charge is 0.306 e. The monoisotopic (exact) mass is 486 g/mol. The fraction of sp³-hybridized carbons (Fsp3) is 0.926. The van der Waals surface area contributed by atoms with Gasteiger partial charge < -0.3 is 14.5 Å². The van der Waals surface area contributed by atoms with Gasteiger partial charge in [-0.25, -0.2) is 0 Å². The fourth-order valence-corrected chi connectivity index (χ4v) is 4.77. The normalized spacial score (nSPS) is 11.4. The second-order valence-electron chi connectivity index (χ2n) is 9.53. The summed E-state index contributed by atoms with van der Waals surface area (Å²) in [6.07, 6.45) is 16.1. The minimum Gasteiger partial charge on any atom is -0.462 e. The third-order valence-electron chi connectivity index (χ3n) is 5.92. The SMILES string of the molecule is CCCCCCC(CCCCCC)OC(=O)CCCN(CCCCC)C(=O)SCCN(C)C. The lowest BCUT2D eigenvalue weighted by molar-refractivity contribution is -0.150. The molecule has 0 spiro atoms. The molecule has 0 aliphatic rings. The van der Waals surface area contributed by atoms with E-state index in [1.54, 1.807) is 0 Å². The first-order chi connectivity index (χ1) is 15.9. The zero-order valence-corrected chi connectivity index (χ0v) is 23.4. The Balaban J connectivity index is 4.51. The fourth-order valence-electron chi connectivity index (χ4n) is 3.77. The Morgan fingerprint density at radius 1 is 0.727 bits per heavy atom. The summed E-state index contributed by atoms with van der Waals surface area (Å²) in [7, 11) is 4.05. The van der Waals surface area contributed by atoms with E-state index in [4.69, 9.17) is 4.74 Å². The van der Waals surface area contributed by atoms with Crippen LogP contribution in [-0.4, -0.2) is 66.6 Å². The van der Waals surface area contributed by atoms with Crippen LogP contribution in [0.3, 0.4) is 0 Å². The number of ether oxygens (including phenoxy) is 1. The summed E-state index contributed by atoms with van der Waals surface area (Å²) in [4.78, 5) is 29.3. The molecule has 196 valence electrons. The molecule has 0 bridgehead atoms. The van der Waals surface area contributed by atoms with Crippen molar-refractivity contribution in [2.45, 2.75) is 123 Å². The van der Waals surface area contributed by atoms with E-state index in [2.05, 4.69) is 25.7 Å². The minimum atomic E-state index is -0.0906. The molecule has 0 rings (SSSR count). The van der Waals surface area contributed by atoms with Crippen molar-refractivity contribution >= 4 is 23.0 Å². The van der Waals surface area contributed by atoms with Crippen molar-refractivity contribution in [2.24, 2.45) is 0 Å². The Bertz CT molecular complexity index is 462. The van der Waals surface area contributed by atoms with Crippen molar-refractivity contribution in [3.63, 3.8) is 0 Å². The minimum absolute atomic E-state index is 0.0649. The Kier molecular flexibility index (Phi) is 22.5. The zero-order chi connectivity index (χ0) is 24.7. The van der Waals surface area contributed by atoms with Gasteiger partial charge in [0.1, 0.15) is 6.10 Å². The number of esters is 1. The van der Waals surface area contributed by atoms with E-state index >= 15 is 0 Å². The molecule has 5 nitrogen and oxygen atoms in total. The highest BCUT2D eigenvalue weighted by Gasteiger charge is 2.17. The number of amides is 1. The molecule has 0 heterocycles. The molecule has 0 atom stereocenters. The molecule has 0 N–H and O–H groups in total. The Morgan fingerprint density at radius 2 is 1.27 bits per heavy atom. The average Bonchev–Trinajstić information content (AvgIpc) is 2.78. The average molecular weight is 487 g/mol. The lowest BCUT2D eigenvalue weighted by atomic mass is 10.0. The van der Waals surface area contributed by atoms with Gasteiger partial charge in [-0.15, -0.1) is 0 Å². The summed E-state index contributed by atoms with van der Waals surface area (Å²) in [5, 5.41) is 0.144. The molecule has 0 aliphatic carbocycles. The van der Waals surface area contributed by atoms with Crippen molar-refractivity contribution in [2.75, 3.05) is 39.5 Å². The molecule has 0 aromatic heterocycles. The number of thioether (sulfide) groups is 1. The van der Waals surface area contributed by atoms with Gasteiger partial charge in [0.25, 0.3) is 5.24 Å². The van der Waals surface area contributed by atoms with E-state index < -0.39 is 0 Å². The first-order valence-corrected chi connectivity index (χ1v) is 14.7. The predicted molar refractivity (Wildman–Crippen MR) is 144 cm³/mol. The summed E-state index contributed by atoms with van der Waals surface area (Å²) in [5.41, 5.74) is 0. The third-order valence-corrected chi connectivity index (χ3v) is 6.81. The van der Waals surface area contributed by atoms with Gasteiger partial charge in [-0.2, -0.15) is 0 Å². The van der Waals surface area contributed by atoms with E-state index in [0.717, 1.165) is 63.8 Å². The van der Waals surface area contributed by atoms with Crippen LogP contribution in [0.15, 0.2) is 0 Å². The van der Waals surface area contributed by atoms with E-state index in [9.17, 15) is 9.59 Å². The molecule has 0 radical (unpaired) electrons. The van der Waals surface area contributed by atoms with Gasteiger partial charge in [-0.3, -0.25) is 9.59 Å². The first kappa shape index (κ1) is 32.2. The summed E-state index contributed by atoms with van der Waals surface area (Å²) in [5.74, 6) is 0.711. The number of nitrogens with zero attached hydrogens (tertiary/aromatic N) is 2.